The zero-order valence-corrected chi connectivity index (χ0v) is 14.8. The summed E-state index contributed by atoms with van der Waals surface area (Å²) in [5.74, 6) is -0.512. The Morgan fingerprint density at radius 2 is 2.16 bits per heavy atom. The molecule has 0 saturated carbocycles. The summed E-state index contributed by atoms with van der Waals surface area (Å²) in [6.45, 7) is 2.37. The molecule has 1 N–H and O–H groups in total. The second-order valence-corrected chi connectivity index (χ2v) is 6.39. The van der Waals surface area contributed by atoms with Crippen molar-refractivity contribution in [2.45, 2.75) is 12.1 Å². The Kier molecular flexibility index (Phi) is 5.31. The number of thioether (sulfide) groups is 1. The summed E-state index contributed by atoms with van der Waals surface area (Å²) in [6.07, 6.45) is 1.52. The lowest BCUT2D eigenvalue weighted by molar-refractivity contribution is -0.131. The molecule has 3 aromatic rings. The van der Waals surface area contributed by atoms with Gasteiger partial charge in [-0.1, -0.05) is 29.8 Å². The van der Waals surface area contributed by atoms with Gasteiger partial charge in [-0.05, 0) is 54.6 Å². The molecule has 0 saturated heterocycles. The molecule has 7 heteroatoms. The maximum atomic E-state index is 11.6. The van der Waals surface area contributed by atoms with Gasteiger partial charge in [0.25, 0.3) is 5.22 Å². The first-order valence-corrected chi connectivity index (χ1v) is 8.67. The van der Waals surface area contributed by atoms with Crippen LogP contribution in [-0.2, 0) is 4.79 Å². The Morgan fingerprint density at radius 1 is 1.36 bits per heavy atom. The maximum Gasteiger partial charge on any atom is 0.342 e. The maximum absolute atomic E-state index is 11.6. The molecule has 0 aliphatic carbocycles. The van der Waals surface area contributed by atoms with Crippen LogP contribution in [0.4, 0.5) is 0 Å². The van der Waals surface area contributed by atoms with E-state index < -0.39 is 5.97 Å². The van der Waals surface area contributed by atoms with Gasteiger partial charge in [0.15, 0.2) is 5.58 Å². The SMILES string of the molecule is CCOc1ccc(/C=C(/Sc2nc3ccccc3o2)C(=O)O)cc1Cl. The van der Waals surface area contributed by atoms with E-state index in [1.807, 2.05) is 19.1 Å². The number of carboxylic acid groups (broad SMARTS) is 1. The summed E-state index contributed by atoms with van der Waals surface area (Å²) in [5, 5.41) is 10.2. The fraction of sp³-hybridized carbons (Fsp3) is 0.111. The van der Waals surface area contributed by atoms with E-state index in [-0.39, 0.29) is 10.1 Å². The third kappa shape index (κ3) is 4.15. The van der Waals surface area contributed by atoms with E-state index in [1.165, 1.54) is 6.08 Å². The van der Waals surface area contributed by atoms with Crippen molar-refractivity contribution >= 4 is 46.5 Å². The normalized spacial score (nSPS) is 11.7. The minimum atomic E-state index is -1.07. The monoisotopic (exact) mass is 375 g/mol. The van der Waals surface area contributed by atoms with Gasteiger partial charge in [-0.15, -0.1) is 0 Å². The fourth-order valence-electron chi connectivity index (χ4n) is 2.15. The standard InChI is InChI=1S/C18H14ClNO4S/c1-2-23-14-8-7-11(9-12(14)19)10-16(17(21)22)25-18-20-13-5-3-4-6-15(13)24-18/h3-10H,2H2,1H3,(H,21,22)/b16-10+. The van der Waals surface area contributed by atoms with Crippen LogP contribution < -0.4 is 4.74 Å². The highest BCUT2D eigenvalue weighted by molar-refractivity contribution is 8.03. The second kappa shape index (κ2) is 7.63. The van der Waals surface area contributed by atoms with Crippen molar-refractivity contribution in [3.05, 3.63) is 58.0 Å². The molecule has 0 unspecified atom stereocenters. The van der Waals surface area contributed by atoms with Crippen LogP contribution in [0.25, 0.3) is 17.2 Å². The molecular weight excluding hydrogens is 362 g/mol. The molecular formula is C18H14ClNO4S. The van der Waals surface area contributed by atoms with Crippen LogP contribution >= 0.6 is 23.4 Å². The molecule has 1 aromatic heterocycles. The lowest BCUT2D eigenvalue weighted by atomic mass is 10.2. The van der Waals surface area contributed by atoms with Gasteiger partial charge in [0.05, 0.1) is 11.6 Å². The highest BCUT2D eigenvalue weighted by Gasteiger charge is 2.15. The molecule has 1 heterocycles. The van der Waals surface area contributed by atoms with Crippen molar-refractivity contribution in [2.75, 3.05) is 6.61 Å². The van der Waals surface area contributed by atoms with E-state index in [0.29, 0.717) is 34.0 Å². The molecule has 128 valence electrons. The molecule has 0 bridgehead atoms. The van der Waals surface area contributed by atoms with E-state index in [4.69, 9.17) is 20.8 Å². The molecule has 0 atom stereocenters. The van der Waals surface area contributed by atoms with Crippen LogP contribution in [0, 0.1) is 0 Å². The molecule has 0 radical (unpaired) electrons. The number of hydrogen-bond acceptors (Lipinski definition) is 5. The summed E-state index contributed by atoms with van der Waals surface area (Å²) in [5.41, 5.74) is 1.94. The van der Waals surface area contributed by atoms with Crippen molar-refractivity contribution in [2.24, 2.45) is 0 Å². The molecule has 2 aromatic carbocycles. The van der Waals surface area contributed by atoms with Crippen LogP contribution in [0.1, 0.15) is 12.5 Å². The van der Waals surface area contributed by atoms with Crippen molar-refractivity contribution in [1.29, 1.82) is 0 Å². The van der Waals surface area contributed by atoms with Crippen molar-refractivity contribution in [3.8, 4) is 5.75 Å². The first kappa shape index (κ1) is 17.4. The Hall–Kier alpha value is -2.44. The van der Waals surface area contributed by atoms with Crippen LogP contribution in [0.2, 0.25) is 5.02 Å². The number of para-hydroxylation sites is 2. The molecule has 0 spiro atoms. The van der Waals surface area contributed by atoms with Crippen LogP contribution in [-0.4, -0.2) is 22.7 Å². The number of aliphatic carboxylic acids is 1. The summed E-state index contributed by atoms with van der Waals surface area (Å²) < 4.78 is 10.9. The predicted molar refractivity (Wildman–Crippen MR) is 98.1 cm³/mol. The highest BCUT2D eigenvalue weighted by Crippen LogP contribution is 2.32. The lowest BCUT2D eigenvalue weighted by Gasteiger charge is -2.06. The van der Waals surface area contributed by atoms with Gasteiger partial charge in [-0.2, -0.15) is 0 Å². The van der Waals surface area contributed by atoms with Crippen molar-refractivity contribution in [1.82, 2.24) is 4.98 Å². The average Bonchev–Trinajstić information content (AvgIpc) is 2.99. The lowest BCUT2D eigenvalue weighted by Crippen LogP contribution is -1.97. The predicted octanol–water partition coefficient (Wildman–Crippen LogP) is 5.10. The Bertz CT molecular complexity index is 918. The van der Waals surface area contributed by atoms with Crippen LogP contribution in [0.3, 0.4) is 0 Å². The van der Waals surface area contributed by atoms with Gasteiger partial charge in [0.2, 0.25) is 0 Å². The number of aromatic nitrogens is 1. The molecule has 0 fully saturated rings. The number of benzene rings is 2. The first-order chi connectivity index (χ1) is 12.1. The van der Waals surface area contributed by atoms with Gasteiger partial charge in [-0.25, -0.2) is 9.78 Å². The number of ether oxygens (including phenoxy) is 1. The number of nitrogens with zero attached hydrogens (tertiary/aromatic N) is 1. The minimum Gasteiger partial charge on any atom is -0.492 e. The van der Waals surface area contributed by atoms with Gasteiger partial charge >= 0.3 is 5.97 Å². The van der Waals surface area contributed by atoms with Gasteiger partial charge < -0.3 is 14.3 Å². The quantitative estimate of drug-likeness (QED) is 0.477. The summed E-state index contributed by atoms with van der Waals surface area (Å²) in [6, 6.07) is 12.4. The number of halogens is 1. The number of carbonyl (C=O) groups is 1. The number of hydrogen-bond donors (Lipinski definition) is 1. The average molecular weight is 376 g/mol. The summed E-state index contributed by atoms with van der Waals surface area (Å²) >= 11 is 7.09. The molecule has 0 aliphatic rings. The van der Waals surface area contributed by atoms with Crippen LogP contribution in [0.15, 0.2) is 57.0 Å². The molecule has 25 heavy (non-hydrogen) atoms. The number of rotatable bonds is 6. The third-order valence-electron chi connectivity index (χ3n) is 3.24. The highest BCUT2D eigenvalue weighted by atomic mass is 35.5. The molecule has 0 amide bonds. The summed E-state index contributed by atoms with van der Waals surface area (Å²) in [7, 11) is 0. The van der Waals surface area contributed by atoms with E-state index in [9.17, 15) is 9.90 Å². The smallest absolute Gasteiger partial charge is 0.342 e. The fourth-order valence-corrected chi connectivity index (χ4v) is 3.14. The van der Waals surface area contributed by atoms with E-state index in [2.05, 4.69) is 4.98 Å². The van der Waals surface area contributed by atoms with Crippen LogP contribution in [0.5, 0.6) is 5.75 Å². The van der Waals surface area contributed by atoms with E-state index >= 15 is 0 Å². The molecule has 3 rings (SSSR count). The number of carboxylic acids is 1. The van der Waals surface area contributed by atoms with Gasteiger partial charge in [0, 0.05) is 0 Å². The molecule has 0 aliphatic heterocycles. The van der Waals surface area contributed by atoms with E-state index in [0.717, 1.165) is 11.8 Å². The molecule has 5 nitrogen and oxygen atoms in total. The second-order valence-electron chi connectivity index (χ2n) is 4.99. The Labute approximate surface area is 153 Å². The third-order valence-corrected chi connectivity index (χ3v) is 4.39. The van der Waals surface area contributed by atoms with Crippen molar-refractivity contribution < 1.29 is 19.1 Å². The Balaban J connectivity index is 1.88. The Morgan fingerprint density at radius 3 is 2.84 bits per heavy atom. The van der Waals surface area contributed by atoms with E-state index in [1.54, 1.807) is 30.3 Å². The van der Waals surface area contributed by atoms with Crippen molar-refractivity contribution in [3.63, 3.8) is 0 Å². The van der Waals surface area contributed by atoms with Gasteiger partial charge in [0.1, 0.15) is 16.2 Å². The minimum absolute atomic E-state index is 0.0757. The zero-order valence-electron chi connectivity index (χ0n) is 13.2. The summed E-state index contributed by atoms with van der Waals surface area (Å²) in [4.78, 5) is 15.9. The topological polar surface area (TPSA) is 72.6 Å². The largest absolute Gasteiger partial charge is 0.492 e. The number of oxazole rings is 1. The number of fused-ring (bicyclic) bond motifs is 1. The van der Waals surface area contributed by atoms with Gasteiger partial charge in [-0.3, -0.25) is 0 Å². The first-order valence-electron chi connectivity index (χ1n) is 7.47. The zero-order chi connectivity index (χ0) is 17.8.